The molecule has 0 bridgehead atoms. The van der Waals surface area contributed by atoms with Gasteiger partial charge in [0.25, 0.3) is 0 Å². The molecule has 0 aromatic carbocycles. The van der Waals surface area contributed by atoms with Gasteiger partial charge in [0.05, 0.1) is 18.3 Å². The molecule has 23 heavy (non-hydrogen) atoms. The number of H-pyrrole nitrogens is 1. The summed E-state index contributed by atoms with van der Waals surface area (Å²) >= 11 is 0. The Balaban J connectivity index is 2.27. The summed E-state index contributed by atoms with van der Waals surface area (Å²) in [6, 6.07) is 3.96. The van der Waals surface area contributed by atoms with Crippen LogP contribution in [0.3, 0.4) is 0 Å². The lowest BCUT2D eigenvalue weighted by molar-refractivity contribution is 0.0618. The van der Waals surface area contributed by atoms with Crippen molar-refractivity contribution in [1.82, 2.24) is 20.2 Å². The van der Waals surface area contributed by atoms with Gasteiger partial charge in [-0.05, 0) is 31.9 Å². The van der Waals surface area contributed by atoms with E-state index in [2.05, 4.69) is 38.9 Å². The molecule has 0 aliphatic carbocycles. The second-order valence-electron chi connectivity index (χ2n) is 6.07. The minimum absolute atomic E-state index is 0.132. The largest absolute Gasteiger partial charge is 0.379 e. The molecule has 2 atom stereocenters. The van der Waals surface area contributed by atoms with E-state index < -0.39 is 0 Å². The number of nitrogens with one attached hydrogen (secondary N) is 1. The first-order chi connectivity index (χ1) is 11.0. The van der Waals surface area contributed by atoms with E-state index >= 15 is 0 Å². The van der Waals surface area contributed by atoms with Gasteiger partial charge in [-0.15, -0.1) is 0 Å². The number of hydrogen-bond acceptors (Lipinski definition) is 5. The van der Waals surface area contributed by atoms with Crippen LogP contribution in [0.4, 0.5) is 5.95 Å². The topological polar surface area (TPSA) is 66.9 Å². The first-order valence-corrected chi connectivity index (χ1v) is 8.11. The normalized spacial score (nSPS) is 13.8. The Kier molecular flexibility index (Phi) is 6.10. The van der Waals surface area contributed by atoms with Crippen molar-refractivity contribution in [2.75, 3.05) is 18.6 Å². The molecule has 2 heterocycles. The van der Waals surface area contributed by atoms with Crippen molar-refractivity contribution in [3.8, 4) is 0 Å². The van der Waals surface area contributed by atoms with Gasteiger partial charge in [-0.1, -0.05) is 20.3 Å². The second kappa shape index (κ2) is 8.06. The molecule has 2 rings (SSSR count). The minimum atomic E-state index is 0.132. The van der Waals surface area contributed by atoms with Crippen molar-refractivity contribution in [3.05, 3.63) is 35.4 Å². The molecule has 0 saturated carbocycles. The molecule has 2 aromatic rings. The van der Waals surface area contributed by atoms with Gasteiger partial charge in [0.15, 0.2) is 0 Å². The SMILES string of the molecule is CCC(C)C(CN(Cc1ccn[nH]1)c1nc(C)cc(C)n1)OC. The number of nitrogens with zero attached hydrogens (tertiary/aromatic N) is 4. The Morgan fingerprint density at radius 1 is 1.26 bits per heavy atom. The molecule has 2 unspecified atom stereocenters. The Labute approximate surface area is 138 Å². The highest BCUT2D eigenvalue weighted by Gasteiger charge is 2.21. The molecule has 6 nitrogen and oxygen atoms in total. The fourth-order valence-corrected chi connectivity index (χ4v) is 2.61. The number of hydrogen-bond donors (Lipinski definition) is 1. The van der Waals surface area contributed by atoms with E-state index in [-0.39, 0.29) is 6.10 Å². The fraction of sp³-hybridized carbons (Fsp3) is 0.588. The average Bonchev–Trinajstić information content (AvgIpc) is 3.02. The highest BCUT2D eigenvalue weighted by Crippen LogP contribution is 2.18. The number of aromatic nitrogens is 4. The van der Waals surface area contributed by atoms with Crippen LogP contribution < -0.4 is 4.90 Å². The summed E-state index contributed by atoms with van der Waals surface area (Å²) in [5.74, 6) is 1.21. The van der Waals surface area contributed by atoms with Crippen molar-refractivity contribution >= 4 is 5.95 Å². The molecule has 0 fully saturated rings. The molecule has 0 aliphatic heterocycles. The molecule has 126 valence electrons. The fourth-order valence-electron chi connectivity index (χ4n) is 2.61. The van der Waals surface area contributed by atoms with Gasteiger partial charge in [0.1, 0.15) is 0 Å². The molecule has 0 radical (unpaired) electrons. The molecule has 1 N–H and O–H groups in total. The van der Waals surface area contributed by atoms with Crippen LogP contribution in [-0.4, -0.2) is 39.9 Å². The number of anilines is 1. The first-order valence-electron chi connectivity index (χ1n) is 8.11. The van der Waals surface area contributed by atoms with E-state index in [0.717, 1.165) is 36.0 Å². The van der Waals surface area contributed by atoms with Gasteiger partial charge in [0.2, 0.25) is 5.95 Å². The number of methoxy groups -OCH3 is 1. The van der Waals surface area contributed by atoms with Crippen LogP contribution in [0.1, 0.15) is 37.4 Å². The third kappa shape index (κ3) is 4.76. The predicted octanol–water partition coefficient (Wildman–Crippen LogP) is 2.88. The van der Waals surface area contributed by atoms with Gasteiger partial charge in [-0.2, -0.15) is 5.10 Å². The van der Waals surface area contributed by atoms with E-state index in [1.54, 1.807) is 13.3 Å². The number of aromatic amines is 1. The smallest absolute Gasteiger partial charge is 0.226 e. The maximum Gasteiger partial charge on any atom is 0.226 e. The van der Waals surface area contributed by atoms with Crippen LogP contribution in [-0.2, 0) is 11.3 Å². The average molecular weight is 317 g/mol. The van der Waals surface area contributed by atoms with E-state index in [1.807, 2.05) is 26.0 Å². The lowest BCUT2D eigenvalue weighted by Crippen LogP contribution is -2.38. The van der Waals surface area contributed by atoms with Crippen molar-refractivity contribution in [2.45, 2.75) is 46.8 Å². The predicted molar refractivity (Wildman–Crippen MR) is 91.4 cm³/mol. The Morgan fingerprint density at radius 2 is 1.96 bits per heavy atom. The van der Waals surface area contributed by atoms with Crippen molar-refractivity contribution in [3.63, 3.8) is 0 Å². The molecule has 0 spiro atoms. The van der Waals surface area contributed by atoms with E-state index in [0.29, 0.717) is 12.5 Å². The summed E-state index contributed by atoms with van der Waals surface area (Å²) in [7, 11) is 1.77. The van der Waals surface area contributed by atoms with Gasteiger partial charge >= 0.3 is 0 Å². The monoisotopic (exact) mass is 317 g/mol. The quantitative estimate of drug-likeness (QED) is 0.811. The third-order valence-electron chi connectivity index (χ3n) is 4.15. The highest BCUT2D eigenvalue weighted by atomic mass is 16.5. The first kappa shape index (κ1) is 17.4. The third-order valence-corrected chi connectivity index (χ3v) is 4.15. The van der Waals surface area contributed by atoms with Crippen molar-refractivity contribution < 1.29 is 4.74 Å². The standard InChI is InChI=1S/C17H27N5O/c1-6-12(2)16(23-5)11-22(10-15-7-8-18-21-15)17-19-13(3)9-14(4)20-17/h7-9,12,16H,6,10-11H2,1-5H3,(H,18,21). The van der Waals surface area contributed by atoms with Gasteiger partial charge in [0, 0.05) is 31.2 Å². The second-order valence-corrected chi connectivity index (χ2v) is 6.07. The van der Waals surface area contributed by atoms with Crippen molar-refractivity contribution in [2.24, 2.45) is 5.92 Å². The Bertz CT molecular complexity index is 579. The molecular formula is C17H27N5O. The minimum Gasteiger partial charge on any atom is -0.379 e. The van der Waals surface area contributed by atoms with Crippen LogP contribution in [0.5, 0.6) is 0 Å². The van der Waals surface area contributed by atoms with Gasteiger partial charge in [-0.3, -0.25) is 5.10 Å². The summed E-state index contributed by atoms with van der Waals surface area (Å²) in [5.41, 5.74) is 2.98. The zero-order chi connectivity index (χ0) is 16.8. The Morgan fingerprint density at radius 3 is 2.48 bits per heavy atom. The molecule has 0 aliphatic rings. The van der Waals surface area contributed by atoms with Crippen LogP contribution in [0.15, 0.2) is 18.3 Å². The molecule has 0 amide bonds. The highest BCUT2D eigenvalue weighted by molar-refractivity contribution is 5.33. The summed E-state index contributed by atoms with van der Waals surface area (Å²) in [6.45, 7) is 9.81. The lowest BCUT2D eigenvalue weighted by Gasteiger charge is -2.30. The number of ether oxygens (including phenoxy) is 1. The van der Waals surface area contributed by atoms with Crippen LogP contribution in [0.25, 0.3) is 0 Å². The van der Waals surface area contributed by atoms with Crippen molar-refractivity contribution in [1.29, 1.82) is 0 Å². The molecule has 2 aromatic heterocycles. The molecular weight excluding hydrogens is 290 g/mol. The summed E-state index contributed by atoms with van der Waals surface area (Å²) in [6.07, 6.45) is 2.97. The summed E-state index contributed by atoms with van der Waals surface area (Å²) in [4.78, 5) is 11.4. The van der Waals surface area contributed by atoms with E-state index in [1.165, 1.54) is 0 Å². The zero-order valence-electron chi connectivity index (χ0n) is 14.7. The Hall–Kier alpha value is -1.95. The number of rotatable bonds is 8. The zero-order valence-corrected chi connectivity index (χ0v) is 14.7. The summed E-state index contributed by atoms with van der Waals surface area (Å²) < 4.78 is 5.71. The molecule has 6 heteroatoms. The lowest BCUT2D eigenvalue weighted by atomic mass is 10.0. The summed E-state index contributed by atoms with van der Waals surface area (Å²) in [5, 5.41) is 7.04. The maximum atomic E-state index is 5.71. The molecule has 0 saturated heterocycles. The van der Waals surface area contributed by atoms with E-state index in [4.69, 9.17) is 4.74 Å². The van der Waals surface area contributed by atoms with Gasteiger partial charge in [-0.25, -0.2) is 9.97 Å². The van der Waals surface area contributed by atoms with Gasteiger partial charge < -0.3 is 9.64 Å². The number of aryl methyl sites for hydroxylation is 2. The van der Waals surface area contributed by atoms with Crippen LogP contribution >= 0.6 is 0 Å². The maximum absolute atomic E-state index is 5.71. The van der Waals surface area contributed by atoms with Crippen LogP contribution in [0.2, 0.25) is 0 Å². The van der Waals surface area contributed by atoms with E-state index in [9.17, 15) is 0 Å². The van der Waals surface area contributed by atoms with Crippen LogP contribution in [0, 0.1) is 19.8 Å².